The van der Waals surface area contributed by atoms with Gasteiger partial charge in [0, 0.05) is 21.6 Å². The first-order valence-electron chi connectivity index (χ1n) is 5.51. The van der Waals surface area contributed by atoms with Crippen molar-refractivity contribution in [3.63, 3.8) is 0 Å². The first-order chi connectivity index (χ1) is 9.79. The molecule has 0 unspecified atom stereocenters. The maximum absolute atomic E-state index is 12.7. The second kappa shape index (κ2) is 6.21. The minimum absolute atomic E-state index is 0.0525. The number of amides is 1. The van der Waals surface area contributed by atoms with Crippen molar-refractivity contribution in [2.75, 3.05) is 4.90 Å². The van der Waals surface area contributed by atoms with Crippen LogP contribution in [-0.4, -0.2) is 17.1 Å². The topological polar surface area (TPSA) is 33.2 Å². The van der Waals surface area contributed by atoms with Gasteiger partial charge in [-0.05, 0) is 17.7 Å². The lowest BCUT2D eigenvalue weighted by Crippen LogP contribution is -2.40. The maximum atomic E-state index is 12.7. The van der Waals surface area contributed by atoms with Crippen LogP contribution in [0.15, 0.2) is 29.8 Å². The molecule has 0 fully saturated rings. The van der Waals surface area contributed by atoms with Crippen molar-refractivity contribution >= 4 is 45.6 Å². The third-order valence-electron chi connectivity index (χ3n) is 2.48. The number of rotatable bonds is 3. The van der Waals surface area contributed by atoms with Crippen LogP contribution in [0.25, 0.3) is 0 Å². The Hall–Kier alpha value is -1.31. The van der Waals surface area contributed by atoms with Gasteiger partial charge < -0.3 is 0 Å². The summed E-state index contributed by atoms with van der Waals surface area (Å²) in [6.07, 6.45) is -3.68. The molecule has 0 atom stereocenters. The van der Waals surface area contributed by atoms with Gasteiger partial charge in [0.1, 0.15) is 0 Å². The predicted octanol–water partition coefficient (Wildman–Crippen LogP) is 4.55. The van der Waals surface area contributed by atoms with Crippen LogP contribution in [0.5, 0.6) is 0 Å². The molecule has 9 heteroatoms. The lowest BCUT2D eigenvalue weighted by atomic mass is 10.2. The molecule has 0 spiro atoms. The van der Waals surface area contributed by atoms with Crippen LogP contribution in [0.4, 0.5) is 18.3 Å². The van der Waals surface area contributed by atoms with Gasteiger partial charge in [0.05, 0.1) is 6.54 Å². The van der Waals surface area contributed by atoms with Gasteiger partial charge in [0.2, 0.25) is 0 Å². The summed E-state index contributed by atoms with van der Waals surface area (Å²) in [6, 6.07) is 4.35. The second-order valence-electron chi connectivity index (χ2n) is 3.94. The second-order valence-corrected chi connectivity index (χ2v) is 5.66. The standard InChI is InChI=1S/C12H7Cl2F3N2OS/c13-8-2-1-7(9(14)5-8)6-19(10(20)12(15,16)17)11-18-3-4-21-11/h1-5H,6H2. The molecule has 0 aliphatic carbocycles. The highest BCUT2D eigenvalue weighted by Gasteiger charge is 2.43. The zero-order valence-corrected chi connectivity index (χ0v) is 12.5. The Morgan fingerprint density at radius 1 is 1.33 bits per heavy atom. The zero-order chi connectivity index (χ0) is 15.6. The molecule has 0 saturated carbocycles. The van der Waals surface area contributed by atoms with Crippen molar-refractivity contribution in [3.8, 4) is 0 Å². The maximum Gasteiger partial charge on any atom is 0.471 e. The summed E-state index contributed by atoms with van der Waals surface area (Å²) in [5, 5.41) is 1.96. The van der Waals surface area contributed by atoms with E-state index < -0.39 is 12.1 Å². The Balaban J connectivity index is 2.35. The molecule has 0 radical (unpaired) electrons. The number of benzene rings is 1. The molecule has 112 valence electrons. The molecule has 0 aliphatic rings. The van der Waals surface area contributed by atoms with E-state index in [2.05, 4.69) is 4.98 Å². The number of carbonyl (C=O) groups is 1. The number of hydrogen-bond donors (Lipinski definition) is 0. The van der Waals surface area contributed by atoms with E-state index in [1.54, 1.807) is 0 Å². The van der Waals surface area contributed by atoms with Gasteiger partial charge >= 0.3 is 12.1 Å². The number of nitrogens with zero attached hydrogens (tertiary/aromatic N) is 2. The molecule has 1 heterocycles. The molecule has 2 rings (SSSR count). The summed E-state index contributed by atoms with van der Waals surface area (Å²) in [4.78, 5) is 15.8. The van der Waals surface area contributed by atoms with E-state index in [0.717, 1.165) is 11.3 Å². The zero-order valence-electron chi connectivity index (χ0n) is 10.2. The molecule has 3 nitrogen and oxygen atoms in total. The summed E-state index contributed by atoms with van der Waals surface area (Å²) >= 11 is 12.6. The molecule has 2 aromatic rings. The third-order valence-corrected chi connectivity index (χ3v) is 3.86. The number of alkyl halides is 3. The van der Waals surface area contributed by atoms with Crippen molar-refractivity contribution in [1.29, 1.82) is 0 Å². The summed E-state index contributed by atoms with van der Waals surface area (Å²) < 4.78 is 38.1. The number of anilines is 1. The summed E-state index contributed by atoms with van der Waals surface area (Å²) in [7, 11) is 0. The number of thiazole rings is 1. The number of aromatic nitrogens is 1. The molecule has 0 bridgehead atoms. The molecular formula is C12H7Cl2F3N2OS. The van der Waals surface area contributed by atoms with Crippen LogP contribution in [0, 0.1) is 0 Å². The number of halogens is 5. The Labute approximate surface area is 131 Å². The highest BCUT2D eigenvalue weighted by molar-refractivity contribution is 7.13. The van der Waals surface area contributed by atoms with Crippen LogP contribution in [0.2, 0.25) is 10.0 Å². The minimum Gasteiger partial charge on any atom is -0.276 e. The van der Waals surface area contributed by atoms with E-state index in [4.69, 9.17) is 23.2 Å². The first kappa shape index (κ1) is 16.1. The van der Waals surface area contributed by atoms with E-state index in [1.807, 2.05) is 0 Å². The van der Waals surface area contributed by atoms with Crippen LogP contribution in [0.3, 0.4) is 0 Å². The highest BCUT2D eigenvalue weighted by atomic mass is 35.5. The van der Waals surface area contributed by atoms with Crippen molar-refractivity contribution in [2.24, 2.45) is 0 Å². The van der Waals surface area contributed by atoms with Gasteiger partial charge in [-0.25, -0.2) is 4.98 Å². The van der Waals surface area contributed by atoms with E-state index in [9.17, 15) is 18.0 Å². The smallest absolute Gasteiger partial charge is 0.276 e. The van der Waals surface area contributed by atoms with Gasteiger partial charge in [0.25, 0.3) is 0 Å². The van der Waals surface area contributed by atoms with E-state index in [0.29, 0.717) is 15.5 Å². The molecule has 0 N–H and O–H groups in total. The summed E-state index contributed by atoms with van der Waals surface area (Å²) in [6.45, 7) is -0.345. The average molecular weight is 355 g/mol. The van der Waals surface area contributed by atoms with Crippen LogP contribution < -0.4 is 4.90 Å². The van der Waals surface area contributed by atoms with E-state index in [-0.39, 0.29) is 16.7 Å². The molecule has 1 amide bonds. The minimum atomic E-state index is -5.00. The fourth-order valence-electron chi connectivity index (χ4n) is 1.55. The van der Waals surface area contributed by atoms with Crippen molar-refractivity contribution < 1.29 is 18.0 Å². The third kappa shape index (κ3) is 3.87. The fraction of sp³-hybridized carbons (Fsp3) is 0.167. The highest BCUT2D eigenvalue weighted by Crippen LogP contribution is 2.29. The summed E-state index contributed by atoms with van der Waals surface area (Å²) in [5.74, 6) is -2.00. The SMILES string of the molecule is O=C(N(Cc1ccc(Cl)cc1Cl)c1nccs1)C(F)(F)F. The normalized spacial score (nSPS) is 11.5. The monoisotopic (exact) mass is 354 g/mol. The molecule has 21 heavy (non-hydrogen) atoms. The van der Waals surface area contributed by atoms with Gasteiger partial charge in [-0.15, -0.1) is 11.3 Å². The largest absolute Gasteiger partial charge is 0.471 e. The van der Waals surface area contributed by atoms with E-state index in [1.165, 1.54) is 29.8 Å². The van der Waals surface area contributed by atoms with Crippen LogP contribution in [0.1, 0.15) is 5.56 Å². The summed E-state index contributed by atoms with van der Waals surface area (Å²) in [5.41, 5.74) is 0.342. The molecule has 1 aromatic heterocycles. The van der Waals surface area contributed by atoms with Crippen LogP contribution >= 0.6 is 34.5 Å². The van der Waals surface area contributed by atoms with Crippen molar-refractivity contribution in [1.82, 2.24) is 4.98 Å². The Bertz CT molecular complexity index is 646. The lowest BCUT2D eigenvalue weighted by molar-refractivity contribution is -0.170. The van der Waals surface area contributed by atoms with E-state index >= 15 is 0 Å². The average Bonchev–Trinajstić information content (AvgIpc) is 2.90. The fourth-order valence-corrected chi connectivity index (χ4v) is 2.66. The van der Waals surface area contributed by atoms with Crippen molar-refractivity contribution in [2.45, 2.75) is 12.7 Å². The Kier molecular flexibility index (Phi) is 4.75. The molecular weight excluding hydrogens is 348 g/mol. The van der Waals surface area contributed by atoms with Gasteiger partial charge in [0.15, 0.2) is 5.13 Å². The number of carbonyl (C=O) groups excluding carboxylic acids is 1. The Morgan fingerprint density at radius 3 is 2.57 bits per heavy atom. The lowest BCUT2D eigenvalue weighted by Gasteiger charge is -2.21. The predicted molar refractivity (Wildman–Crippen MR) is 75.8 cm³/mol. The quantitative estimate of drug-likeness (QED) is 0.810. The Morgan fingerprint density at radius 2 is 2.05 bits per heavy atom. The van der Waals surface area contributed by atoms with Gasteiger partial charge in [-0.1, -0.05) is 29.3 Å². The van der Waals surface area contributed by atoms with Gasteiger partial charge in [-0.3, -0.25) is 9.69 Å². The first-order valence-corrected chi connectivity index (χ1v) is 7.14. The molecule has 1 aromatic carbocycles. The van der Waals surface area contributed by atoms with Crippen LogP contribution in [-0.2, 0) is 11.3 Å². The van der Waals surface area contributed by atoms with Gasteiger partial charge in [-0.2, -0.15) is 13.2 Å². The molecule has 0 aliphatic heterocycles. The number of hydrogen-bond acceptors (Lipinski definition) is 3. The molecule has 0 saturated heterocycles. The van der Waals surface area contributed by atoms with Crippen molar-refractivity contribution in [3.05, 3.63) is 45.4 Å².